The zero-order valence-corrected chi connectivity index (χ0v) is 9.79. The molecule has 16 heavy (non-hydrogen) atoms. The monoisotopic (exact) mass is 274 g/mol. The van der Waals surface area contributed by atoms with E-state index in [0.29, 0.717) is 0 Å². The molecule has 0 unspecified atom stereocenters. The summed E-state index contributed by atoms with van der Waals surface area (Å²) < 4.78 is 2.85. The van der Waals surface area contributed by atoms with Crippen LogP contribution >= 0.6 is 15.9 Å². The summed E-state index contributed by atoms with van der Waals surface area (Å²) in [6.45, 7) is 0. The molecule has 0 bridgehead atoms. The lowest BCUT2D eigenvalue weighted by molar-refractivity contribution is 1.06. The van der Waals surface area contributed by atoms with Crippen LogP contribution in [-0.2, 0) is 0 Å². The normalized spacial score (nSPS) is 10.8. The van der Waals surface area contributed by atoms with E-state index in [-0.39, 0.29) is 0 Å². The van der Waals surface area contributed by atoms with Gasteiger partial charge in [-0.05, 0) is 28.1 Å². The molecular weight excluding hydrogens is 268 g/mol. The minimum atomic E-state index is 0.862. The predicted octanol–water partition coefficient (Wildman–Crippen LogP) is 2.58. The largest absolute Gasteiger partial charge is 0.304 e. The van der Waals surface area contributed by atoms with E-state index >= 15 is 0 Å². The highest BCUT2D eigenvalue weighted by molar-refractivity contribution is 9.10. The second-order valence-corrected chi connectivity index (χ2v) is 4.24. The van der Waals surface area contributed by atoms with Crippen molar-refractivity contribution in [1.29, 1.82) is 0 Å². The number of hydrogen-bond donors (Lipinski definition) is 0. The van der Waals surface area contributed by atoms with Gasteiger partial charge in [0.05, 0.1) is 17.5 Å². The van der Waals surface area contributed by atoms with E-state index in [2.05, 4.69) is 30.9 Å². The average molecular weight is 275 g/mol. The maximum absolute atomic E-state index is 4.38. The molecule has 3 heterocycles. The smallest absolute Gasteiger partial charge is 0.113 e. The molecule has 3 aromatic rings. The van der Waals surface area contributed by atoms with Gasteiger partial charge in [0.2, 0.25) is 0 Å². The molecule has 3 aromatic heterocycles. The summed E-state index contributed by atoms with van der Waals surface area (Å²) in [6, 6.07) is 3.87. The van der Waals surface area contributed by atoms with E-state index in [1.165, 1.54) is 0 Å². The first-order valence-corrected chi connectivity index (χ1v) is 5.52. The van der Waals surface area contributed by atoms with Gasteiger partial charge in [-0.3, -0.25) is 9.97 Å². The van der Waals surface area contributed by atoms with Crippen molar-refractivity contribution < 1.29 is 0 Å². The van der Waals surface area contributed by atoms with E-state index in [1.54, 1.807) is 24.9 Å². The summed E-state index contributed by atoms with van der Waals surface area (Å²) in [5.41, 5.74) is 2.71. The molecule has 0 aliphatic rings. The number of fused-ring (bicyclic) bond motifs is 1. The van der Waals surface area contributed by atoms with Crippen LogP contribution in [-0.4, -0.2) is 19.5 Å². The second kappa shape index (κ2) is 3.68. The molecule has 78 valence electrons. The Hall–Kier alpha value is -1.75. The molecule has 0 atom stereocenters. The number of hydrogen-bond acceptors (Lipinski definition) is 3. The summed E-state index contributed by atoms with van der Waals surface area (Å²) in [5, 5.41) is 0. The lowest BCUT2D eigenvalue weighted by Crippen LogP contribution is -1.94. The van der Waals surface area contributed by atoms with Crippen LogP contribution in [0.5, 0.6) is 0 Å². The van der Waals surface area contributed by atoms with Crippen LogP contribution in [0, 0.1) is 0 Å². The standard InChI is InChI=1S/C11H7BrN4/c12-8-5-9-11(15-6-8)10(1-2-14-9)16-4-3-13-7-16/h1-7H. The molecule has 0 fully saturated rings. The minimum Gasteiger partial charge on any atom is -0.304 e. The molecule has 5 heteroatoms. The van der Waals surface area contributed by atoms with Crippen LogP contribution in [0.15, 0.2) is 47.7 Å². The van der Waals surface area contributed by atoms with Gasteiger partial charge in [-0.1, -0.05) is 0 Å². The Labute approximate surface area is 100 Å². The predicted molar refractivity (Wildman–Crippen MR) is 64.4 cm³/mol. The Bertz CT molecular complexity index is 634. The molecular formula is C11H7BrN4. The van der Waals surface area contributed by atoms with Crippen molar-refractivity contribution >= 4 is 27.0 Å². The van der Waals surface area contributed by atoms with Crippen LogP contribution in [0.4, 0.5) is 0 Å². The van der Waals surface area contributed by atoms with Gasteiger partial charge in [-0.2, -0.15) is 0 Å². The van der Waals surface area contributed by atoms with Gasteiger partial charge in [-0.15, -0.1) is 0 Å². The molecule has 0 aliphatic carbocycles. The van der Waals surface area contributed by atoms with Gasteiger partial charge < -0.3 is 4.57 Å². The van der Waals surface area contributed by atoms with Crippen LogP contribution in [0.1, 0.15) is 0 Å². The van der Waals surface area contributed by atoms with E-state index in [9.17, 15) is 0 Å². The summed E-state index contributed by atoms with van der Waals surface area (Å²) in [7, 11) is 0. The number of pyridine rings is 2. The van der Waals surface area contributed by atoms with E-state index in [0.717, 1.165) is 21.2 Å². The molecule has 0 radical (unpaired) electrons. The maximum atomic E-state index is 4.38. The molecule has 0 aliphatic heterocycles. The van der Waals surface area contributed by atoms with E-state index in [4.69, 9.17) is 0 Å². The van der Waals surface area contributed by atoms with E-state index in [1.807, 2.05) is 22.9 Å². The highest BCUT2D eigenvalue weighted by atomic mass is 79.9. The summed E-state index contributed by atoms with van der Waals surface area (Å²) in [6.07, 6.45) is 8.92. The van der Waals surface area contributed by atoms with Gasteiger partial charge in [0.15, 0.2) is 0 Å². The Morgan fingerprint density at radius 2 is 2.12 bits per heavy atom. The Morgan fingerprint density at radius 3 is 2.94 bits per heavy atom. The van der Waals surface area contributed by atoms with Crippen molar-refractivity contribution in [3.05, 3.63) is 47.7 Å². The highest BCUT2D eigenvalue weighted by Crippen LogP contribution is 2.20. The Morgan fingerprint density at radius 1 is 1.19 bits per heavy atom. The topological polar surface area (TPSA) is 43.6 Å². The molecule has 0 amide bonds. The number of imidazole rings is 1. The average Bonchev–Trinajstić information content (AvgIpc) is 2.81. The molecule has 0 saturated heterocycles. The Balaban J connectivity index is 2.34. The van der Waals surface area contributed by atoms with Crippen LogP contribution in [0.2, 0.25) is 0 Å². The fraction of sp³-hybridized carbons (Fsp3) is 0. The first-order chi connectivity index (χ1) is 7.84. The fourth-order valence-electron chi connectivity index (χ4n) is 1.60. The van der Waals surface area contributed by atoms with Crippen molar-refractivity contribution in [3.8, 4) is 5.69 Å². The van der Waals surface area contributed by atoms with Gasteiger partial charge in [-0.25, -0.2) is 4.98 Å². The van der Waals surface area contributed by atoms with Crippen LogP contribution in [0.3, 0.4) is 0 Å². The molecule has 0 saturated carbocycles. The summed E-state index contributed by atoms with van der Waals surface area (Å²) in [4.78, 5) is 12.7. The Kier molecular flexibility index (Phi) is 2.18. The van der Waals surface area contributed by atoms with Crippen LogP contribution < -0.4 is 0 Å². The van der Waals surface area contributed by atoms with Gasteiger partial charge in [0.1, 0.15) is 5.52 Å². The van der Waals surface area contributed by atoms with Crippen molar-refractivity contribution in [2.24, 2.45) is 0 Å². The van der Waals surface area contributed by atoms with Gasteiger partial charge in [0, 0.05) is 29.3 Å². The summed E-state index contributed by atoms with van der Waals surface area (Å²) in [5.74, 6) is 0. The zero-order valence-electron chi connectivity index (χ0n) is 8.21. The zero-order chi connectivity index (χ0) is 11.0. The maximum Gasteiger partial charge on any atom is 0.113 e. The van der Waals surface area contributed by atoms with Crippen molar-refractivity contribution in [1.82, 2.24) is 19.5 Å². The number of nitrogens with zero attached hydrogens (tertiary/aromatic N) is 4. The van der Waals surface area contributed by atoms with E-state index < -0.39 is 0 Å². The fourth-order valence-corrected chi connectivity index (χ4v) is 1.92. The number of rotatable bonds is 1. The first-order valence-electron chi connectivity index (χ1n) is 4.73. The molecule has 3 rings (SSSR count). The first kappa shape index (κ1) is 9.47. The lowest BCUT2D eigenvalue weighted by atomic mass is 10.3. The molecule has 0 N–H and O–H groups in total. The third-order valence-corrected chi connectivity index (χ3v) is 2.74. The van der Waals surface area contributed by atoms with Crippen molar-refractivity contribution in [3.63, 3.8) is 0 Å². The molecule has 4 nitrogen and oxygen atoms in total. The second-order valence-electron chi connectivity index (χ2n) is 3.32. The minimum absolute atomic E-state index is 0.862. The lowest BCUT2D eigenvalue weighted by Gasteiger charge is -2.05. The van der Waals surface area contributed by atoms with Crippen molar-refractivity contribution in [2.45, 2.75) is 0 Å². The number of halogens is 1. The molecule has 0 spiro atoms. The quantitative estimate of drug-likeness (QED) is 0.685. The van der Waals surface area contributed by atoms with Crippen LogP contribution in [0.25, 0.3) is 16.7 Å². The third kappa shape index (κ3) is 1.49. The third-order valence-electron chi connectivity index (χ3n) is 2.31. The SMILES string of the molecule is Brc1cnc2c(-n3ccnc3)ccnc2c1. The molecule has 0 aromatic carbocycles. The van der Waals surface area contributed by atoms with Crippen molar-refractivity contribution in [2.75, 3.05) is 0 Å². The van der Waals surface area contributed by atoms with Gasteiger partial charge >= 0.3 is 0 Å². The van der Waals surface area contributed by atoms with Gasteiger partial charge in [0.25, 0.3) is 0 Å². The highest BCUT2D eigenvalue weighted by Gasteiger charge is 2.05. The number of aromatic nitrogens is 4. The summed E-state index contributed by atoms with van der Waals surface area (Å²) >= 11 is 3.38.